The van der Waals surface area contributed by atoms with Gasteiger partial charge in [-0.1, -0.05) is 24.3 Å². The maximum atomic E-state index is 13.4. The van der Waals surface area contributed by atoms with E-state index in [1.165, 1.54) is 0 Å². The fourth-order valence-electron chi connectivity index (χ4n) is 4.33. The van der Waals surface area contributed by atoms with E-state index in [0.29, 0.717) is 5.56 Å². The first-order valence-electron chi connectivity index (χ1n) is 11.0. The van der Waals surface area contributed by atoms with Gasteiger partial charge in [-0.05, 0) is 55.8 Å². The maximum Gasteiger partial charge on any atom is 0.252 e. The Morgan fingerprint density at radius 2 is 1.97 bits per heavy atom. The van der Waals surface area contributed by atoms with E-state index in [0.717, 1.165) is 60.3 Å². The van der Waals surface area contributed by atoms with E-state index in [4.69, 9.17) is 4.98 Å². The lowest BCUT2D eigenvalue weighted by Gasteiger charge is -2.33. The molecule has 4 aromatic rings. The molecule has 4 heterocycles. The number of carbonyl (C=O) groups is 1. The van der Waals surface area contributed by atoms with Crippen LogP contribution in [0.1, 0.15) is 28.9 Å². The minimum atomic E-state index is -0.0570. The molecule has 1 N–H and O–H groups in total. The number of aromatic nitrogens is 3. The number of nitrogens with one attached hydrogen (secondary N) is 1. The van der Waals surface area contributed by atoms with Crippen molar-refractivity contribution in [2.75, 3.05) is 13.1 Å². The van der Waals surface area contributed by atoms with E-state index < -0.39 is 0 Å². The molecule has 1 aliphatic rings. The fraction of sp³-hybridized carbons (Fsp3) is 0.231. The van der Waals surface area contributed by atoms with Crippen LogP contribution in [0.25, 0.3) is 22.2 Å². The fourth-order valence-corrected chi connectivity index (χ4v) is 4.33. The van der Waals surface area contributed by atoms with Crippen molar-refractivity contribution in [2.24, 2.45) is 0 Å². The zero-order valence-electron chi connectivity index (χ0n) is 17.8. The number of pyridine rings is 3. The number of hydrogen-bond acceptors (Lipinski definition) is 5. The second kappa shape index (κ2) is 9.24. The van der Waals surface area contributed by atoms with Crippen LogP contribution in [0.15, 0.2) is 79.3 Å². The second-order valence-electron chi connectivity index (χ2n) is 8.18. The Labute approximate surface area is 187 Å². The predicted octanol–water partition coefficient (Wildman–Crippen LogP) is 4.09. The van der Waals surface area contributed by atoms with Gasteiger partial charge in [-0.15, -0.1) is 0 Å². The van der Waals surface area contributed by atoms with E-state index >= 15 is 0 Å². The van der Waals surface area contributed by atoms with Crippen LogP contribution in [-0.4, -0.2) is 44.9 Å². The Bertz CT molecular complexity index is 1210. The highest BCUT2D eigenvalue weighted by Crippen LogP contribution is 2.25. The van der Waals surface area contributed by atoms with E-state index in [-0.39, 0.29) is 11.9 Å². The molecule has 3 aromatic heterocycles. The third kappa shape index (κ3) is 4.50. The van der Waals surface area contributed by atoms with Crippen LogP contribution < -0.4 is 5.32 Å². The molecular formula is C26H25N5O. The zero-order valence-corrected chi connectivity index (χ0v) is 17.8. The van der Waals surface area contributed by atoms with Gasteiger partial charge >= 0.3 is 0 Å². The number of para-hydroxylation sites is 1. The quantitative estimate of drug-likeness (QED) is 0.524. The van der Waals surface area contributed by atoms with Gasteiger partial charge in [0, 0.05) is 48.7 Å². The Kier molecular flexibility index (Phi) is 5.85. The number of piperidine rings is 1. The highest BCUT2D eigenvalue weighted by Gasteiger charge is 2.23. The number of amides is 1. The van der Waals surface area contributed by atoms with Crippen LogP contribution in [0, 0.1) is 0 Å². The summed E-state index contributed by atoms with van der Waals surface area (Å²) in [5.74, 6) is -0.0570. The third-order valence-electron chi connectivity index (χ3n) is 5.87. The smallest absolute Gasteiger partial charge is 0.252 e. The summed E-state index contributed by atoms with van der Waals surface area (Å²) in [4.78, 5) is 29.2. The van der Waals surface area contributed by atoms with Gasteiger partial charge in [-0.3, -0.25) is 19.7 Å². The highest BCUT2D eigenvalue weighted by molar-refractivity contribution is 6.07. The lowest BCUT2D eigenvalue weighted by molar-refractivity contribution is 0.0902. The van der Waals surface area contributed by atoms with Crippen LogP contribution >= 0.6 is 0 Å². The molecule has 0 bridgehead atoms. The first-order chi connectivity index (χ1) is 15.8. The van der Waals surface area contributed by atoms with E-state index in [1.807, 2.05) is 66.9 Å². The lowest BCUT2D eigenvalue weighted by atomic mass is 10.0. The maximum absolute atomic E-state index is 13.4. The molecule has 160 valence electrons. The first-order valence-corrected chi connectivity index (χ1v) is 11.0. The molecule has 6 nitrogen and oxygen atoms in total. The topological polar surface area (TPSA) is 71.0 Å². The van der Waals surface area contributed by atoms with Crippen LogP contribution in [0.5, 0.6) is 0 Å². The summed E-state index contributed by atoms with van der Waals surface area (Å²) in [6.07, 6.45) is 7.36. The summed E-state index contributed by atoms with van der Waals surface area (Å²) in [5.41, 5.74) is 4.16. The van der Waals surface area contributed by atoms with Gasteiger partial charge in [0.15, 0.2) is 0 Å². The molecule has 1 fully saturated rings. The molecule has 1 amide bonds. The van der Waals surface area contributed by atoms with E-state index in [9.17, 15) is 4.79 Å². The molecule has 32 heavy (non-hydrogen) atoms. The first kappa shape index (κ1) is 20.3. The van der Waals surface area contributed by atoms with Crippen LogP contribution in [0.4, 0.5) is 0 Å². The van der Waals surface area contributed by atoms with Crippen LogP contribution in [-0.2, 0) is 6.54 Å². The van der Waals surface area contributed by atoms with Crippen molar-refractivity contribution < 1.29 is 4.79 Å². The van der Waals surface area contributed by atoms with E-state index in [1.54, 1.807) is 12.4 Å². The Balaban J connectivity index is 1.37. The summed E-state index contributed by atoms with van der Waals surface area (Å²) in [6, 6.07) is 19.6. The molecule has 1 saturated heterocycles. The van der Waals surface area contributed by atoms with Crippen LogP contribution in [0.2, 0.25) is 0 Å². The average molecular weight is 424 g/mol. The summed E-state index contributed by atoms with van der Waals surface area (Å²) < 4.78 is 0. The molecular weight excluding hydrogens is 398 g/mol. The number of carbonyl (C=O) groups excluding carboxylic acids is 1. The average Bonchev–Trinajstić information content (AvgIpc) is 2.85. The number of fused-ring (bicyclic) bond motifs is 1. The lowest BCUT2D eigenvalue weighted by Crippen LogP contribution is -2.47. The molecule has 6 heteroatoms. The normalized spacial score (nSPS) is 16.7. The number of rotatable bonds is 5. The molecule has 0 saturated carbocycles. The van der Waals surface area contributed by atoms with Crippen molar-refractivity contribution in [3.63, 3.8) is 0 Å². The Morgan fingerprint density at radius 1 is 1.06 bits per heavy atom. The SMILES string of the molecule is O=C(N[C@@H]1CCCN(Cc2ccccn2)C1)c1cc(-c2cccnc2)nc2ccccc12. The molecule has 5 rings (SSSR count). The van der Waals surface area contributed by atoms with Crippen molar-refractivity contribution in [1.82, 2.24) is 25.2 Å². The van der Waals surface area contributed by atoms with Gasteiger partial charge < -0.3 is 5.32 Å². The minimum Gasteiger partial charge on any atom is -0.348 e. The van der Waals surface area contributed by atoms with Gasteiger partial charge in [0.25, 0.3) is 5.91 Å². The molecule has 0 aliphatic carbocycles. The highest BCUT2D eigenvalue weighted by atomic mass is 16.1. The Hall–Kier alpha value is -3.64. The molecule has 0 radical (unpaired) electrons. The number of benzene rings is 1. The van der Waals surface area contributed by atoms with Crippen molar-refractivity contribution in [3.05, 3.63) is 90.5 Å². The molecule has 1 aliphatic heterocycles. The molecule has 1 atom stereocenters. The molecule has 1 aromatic carbocycles. The van der Waals surface area contributed by atoms with E-state index in [2.05, 4.69) is 20.2 Å². The van der Waals surface area contributed by atoms with Gasteiger partial charge in [-0.2, -0.15) is 0 Å². The predicted molar refractivity (Wildman–Crippen MR) is 125 cm³/mol. The number of likely N-dealkylation sites (tertiary alicyclic amines) is 1. The summed E-state index contributed by atoms with van der Waals surface area (Å²) in [5, 5.41) is 4.14. The van der Waals surface area contributed by atoms with Gasteiger partial charge in [0.2, 0.25) is 0 Å². The summed E-state index contributed by atoms with van der Waals surface area (Å²) in [7, 11) is 0. The number of nitrogens with zero attached hydrogens (tertiary/aromatic N) is 4. The number of hydrogen-bond donors (Lipinski definition) is 1. The monoisotopic (exact) mass is 423 g/mol. The largest absolute Gasteiger partial charge is 0.348 e. The van der Waals surface area contributed by atoms with Crippen LogP contribution in [0.3, 0.4) is 0 Å². The van der Waals surface area contributed by atoms with Gasteiger partial charge in [0.05, 0.1) is 22.5 Å². The van der Waals surface area contributed by atoms with Crippen molar-refractivity contribution in [3.8, 4) is 11.3 Å². The van der Waals surface area contributed by atoms with Crippen molar-refractivity contribution in [2.45, 2.75) is 25.4 Å². The summed E-state index contributed by atoms with van der Waals surface area (Å²) in [6.45, 7) is 2.64. The van der Waals surface area contributed by atoms with Crippen molar-refractivity contribution >= 4 is 16.8 Å². The third-order valence-corrected chi connectivity index (χ3v) is 5.87. The van der Waals surface area contributed by atoms with Gasteiger partial charge in [0.1, 0.15) is 0 Å². The zero-order chi connectivity index (χ0) is 21.8. The minimum absolute atomic E-state index is 0.0570. The standard InChI is InChI=1S/C26H25N5O/c32-26(29-21-9-6-14-31(18-21)17-20-8-3-4-13-28-20)23-15-25(19-7-5-12-27-16-19)30-24-11-2-1-10-22(23)24/h1-5,7-8,10-13,15-16,21H,6,9,14,17-18H2,(H,29,32)/t21-/m1/s1. The summed E-state index contributed by atoms with van der Waals surface area (Å²) >= 11 is 0. The van der Waals surface area contributed by atoms with Crippen molar-refractivity contribution in [1.29, 1.82) is 0 Å². The molecule has 0 unspecified atom stereocenters. The molecule has 0 spiro atoms. The van der Waals surface area contributed by atoms with Gasteiger partial charge in [-0.25, -0.2) is 4.98 Å². The second-order valence-corrected chi connectivity index (χ2v) is 8.18. The Morgan fingerprint density at radius 3 is 2.81 bits per heavy atom.